The molecule has 0 aliphatic carbocycles. The molecule has 244 valence electrons. The molecule has 6 heteroatoms. The summed E-state index contributed by atoms with van der Waals surface area (Å²) in [7, 11) is -3.11. The van der Waals surface area contributed by atoms with E-state index in [0.29, 0.717) is 22.3 Å². The van der Waals surface area contributed by atoms with Gasteiger partial charge in [0.25, 0.3) is 0 Å². The standard InChI is InChI=1S/C11H24.C9H8O3S.C7H14O.C5H9N.C4H10/c1-6-11(4,5)9-7-8-10(2)3;1-13(10,11)8-2-3-9-7(6-8)4-5-12-9;1-6(8)5-7(2,3)4;1-3-5-6-4-2;1-3-4-2/h10H,6-9H2,1-5H3;2-6H,1H3;5H2,1-4H3;3-5H,1-2H3;3-4H2,1-2H3/b;;;5-3-,6-4?;. The molecule has 42 heavy (non-hydrogen) atoms. The van der Waals surface area contributed by atoms with Gasteiger partial charge < -0.3 is 9.21 Å². The molecule has 0 spiro atoms. The number of furan rings is 1. The van der Waals surface area contributed by atoms with Crippen LogP contribution < -0.4 is 0 Å². The van der Waals surface area contributed by atoms with Crippen LogP contribution in [0.15, 0.2) is 57.1 Å². The molecule has 0 aliphatic rings. The second-order valence-corrected chi connectivity index (χ2v) is 15.0. The number of ketones is 1. The summed E-state index contributed by atoms with van der Waals surface area (Å²) >= 11 is 0. The minimum atomic E-state index is -3.11. The fraction of sp³-hybridized carbons (Fsp3) is 0.667. The first-order chi connectivity index (χ1) is 19.3. The van der Waals surface area contributed by atoms with Crippen molar-refractivity contribution in [3.63, 3.8) is 0 Å². The Labute approximate surface area is 260 Å². The molecule has 1 aromatic heterocycles. The molecule has 0 aliphatic heterocycles. The van der Waals surface area contributed by atoms with Crippen LogP contribution in [0, 0.1) is 16.7 Å². The zero-order chi connectivity index (χ0) is 33.4. The van der Waals surface area contributed by atoms with Gasteiger partial charge in [-0.25, -0.2) is 8.42 Å². The fourth-order valence-corrected chi connectivity index (χ4v) is 3.92. The van der Waals surface area contributed by atoms with Crippen LogP contribution in [-0.4, -0.2) is 26.7 Å². The average Bonchev–Trinajstić information content (AvgIpc) is 3.34. The lowest BCUT2D eigenvalue weighted by Gasteiger charge is -2.22. The molecule has 1 aromatic carbocycles. The van der Waals surface area contributed by atoms with E-state index in [9.17, 15) is 13.2 Å². The fourth-order valence-electron chi connectivity index (χ4n) is 3.26. The topological polar surface area (TPSA) is 76.7 Å². The molecule has 0 atom stereocenters. The molecule has 0 bridgehead atoms. The summed E-state index contributed by atoms with van der Waals surface area (Å²) in [6.45, 7) is 27.6. The van der Waals surface area contributed by atoms with Gasteiger partial charge in [-0.15, -0.1) is 0 Å². The number of carbonyl (C=O) groups excluding carboxylic acids is 1. The van der Waals surface area contributed by atoms with E-state index in [1.54, 1.807) is 43.6 Å². The third-order valence-corrected chi connectivity index (χ3v) is 7.22. The van der Waals surface area contributed by atoms with Gasteiger partial charge in [0.1, 0.15) is 11.4 Å². The summed E-state index contributed by atoms with van der Waals surface area (Å²) in [5.41, 5.74) is 1.45. The van der Waals surface area contributed by atoms with Gasteiger partial charge in [0.05, 0.1) is 11.2 Å². The van der Waals surface area contributed by atoms with Gasteiger partial charge in [0.2, 0.25) is 0 Å². The van der Waals surface area contributed by atoms with Crippen molar-refractivity contribution in [3.8, 4) is 0 Å². The average molecular weight is 608 g/mol. The number of nitrogens with zero attached hydrogens (tertiary/aromatic N) is 1. The van der Waals surface area contributed by atoms with Crippen molar-refractivity contribution in [1.29, 1.82) is 0 Å². The van der Waals surface area contributed by atoms with E-state index in [1.807, 2.05) is 19.9 Å². The van der Waals surface area contributed by atoms with Crippen molar-refractivity contribution in [1.82, 2.24) is 0 Å². The minimum Gasteiger partial charge on any atom is -0.464 e. The molecular weight excluding hydrogens is 542 g/mol. The van der Waals surface area contributed by atoms with Crippen LogP contribution in [-0.2, 0) is 14.6 Å². The van der Waals surface area contributed by atoms with Crippen molar-refractivity contribution in [2.24, 2.45) is 21.7 Å². The quantitative estimate of drug-likeness (QED) is 0.266. The van der Waals surface area contributed by atoms with Gasteiger partial charge >= 0.3 is 0 Å². The monoisotopic (exact) mass is 607 g/mol. The lowest BCUT2D eigenvalue weighted by atomic mass is 9.84. The number of benzene rings is 1. The van der Waals surface area contributed by atoms with E-state index < -0.39 is 9.84 Å². The molecule has 0 amide bonds. The maximum atomic E-state index is 11.2. The van der Waals surface area contributed by atoms with E-state index in [1.165, 1.54) is 51.0 Å². The van der Waals surface area contributed by atoms with E-state index in [-0.39, 0.29) is 11.2 Å². The molecule has 0 N–H and O–H groups in total. The van der Waals surface area contributed by atoms with Gasteiger partial charge in [-0.1, -0.05) is 107 Å². The molecule has 0 saturated heterocycles. The van der Waals surface area contributed by atoms with Crippen LogP contribution in [0.25, 0.3) is 11.0 Å². The third-order valence-electron chi connectivity index (χ3n) is 6.11. The van der Waals surface area contributed by atoms with Gasteiger partial charge in [-0.3, -0.25) is 4.99 Å². The van der Waals surface area contributed by atoms with Gasteiger partial charge in [0.15, 0.2) is 9.84 Å². The summed E-state index contributed by atoms with van der Waals surface area (Å²) < 4.78 is 27.4. The number of hydrogen-bond donors (Lipinski definition) is 0. The number of carbonyl (C=O) groups is 1. The molecule has 5 nitrogen and oxygen atoms in total. The van der Waals surface area contributed by atoms with Gasteiger partial charge in [-0.2, -0.15) is 0 Å². The summed E-state index contributed by atoms with van der Waals surface area (Å²) in [4.78, 5) is 14.6. The first kappa shape index (κ1) is 44.2. The lowest BCUT2D eigenvalue weighted by Crippen LogP contribution is -2.09. The SMILES string of the molecule is CC(=O)CC(C)(C)C.CC=N/C=C\C.CCC(C)(C)CCCC(C)C.CCCC.CS(=O)(=O)c1ccc2occc2c1. The maximum Gasteiger partial charge on any atom is 0.175 e. The number of fused-ring (bicyclic) bond motifs is 1. The van der Waals surface area contributed by atoms with E-state index >= 15 is 0 Å². The lowest BCUT2D eigenvalue weighted by molar-refractivity contribution is -0.118. The zero-order valence-electron chi connectivity index (χ0n) is 29.6. The first-order valence-electron chi connectivity index (χ1n) is 15.6. The Balaban J connectivity index is -0.000000479. The highest BCUT2D eigenvalue weighted by Crippen LogP contribution is 2.27. The van der Waals surface area contributed by atoms with Crippen LogP contribution in [0.3, 0.4) is 0 Å². The van der Waals surface area contributed by atoms with Gasteiger partial charge in [-0.05, 0) is 68.2 Å². The van der Waals surface area contributed by atoms with Crippen molar-refractivity contribution < 1.29 is 17.6 Å². The van der Waals surface area contributed by atoms with Crippen molar-refractivity contribution in [3.05, 3.63) is 42.8 Å². The number of rotatable bonds is 9. The summed E-state index contributed by atoms with van der Waals surface area (Å²) in [5, 5.41) is 0.808. The summed E-state index contributed by atoms with van der Waals surface area (Å²) in [6, 6.07) is 6.55. The van der Waals surface area contributed by atoms with E-state index in [0.717, 1.165) is 11.3 Å². The van der Waals surface area contributed by atoms with Gasteiger partial charge in [0, 0.05) is 30.5 Å². The first-order valence-corrected chi connectivity index (χ1v) is 17.4. The molecule has 0 unspecified atom stereocenters. The van der Waals surface area contributed by atoms with Crippen LogP contribution >= 0.6 is 0 Å². The van der Waals surface area contributed by atoms with Crippen LogP contribution in [0.2, 0.25) is 0 Å². The highest BCUT2D eigenvalue weighted by Gasteiger charge is 2.14. The number of hydrogen-bond acceptors (Lipinski definition) is 5. The third kappa shape index (κ3) is 29.3. The Bertz CT molecular complexity index is 1090. The predicted molar refractivity (Wildman–Crippen MR) is 186 cm³/mol. The number of unbranched alkanes of at least 4 members (excludes halogenated alkanes) is 1. The molecule has 0 fully saturated rings. The Morgan fingerprint density at radius 1 is 1.00 bits per heavy atom. The normalized spacial score (nSPS) is 11.6. The highest BCUT2D eigenvalue weighted by molar-refractivity contribution is 7.90. The Kier molecular flexibility index (Phi) is 25.5. The summed E-state index contributed by atoms with van der Waals surface area (Å²) in [5.74, 6) is 1.15. The van der Waals surface area contributed by atoms with Crippen molar-refractivity contribution in [2.45, 2.75) is 140 Å². The molecule has 2 aromatic rings. The predicted octanol–water partition coefficient (Wildman–Crippen LogP) is 11.5. The number of aliphatic imine (C=N–C) groups is 1. The molecule has 0 radical (unpaired) electrons. The largest absolute Gasteiger partial charge is 0.464 e. The number of sulfone groups is 1. The van der Waals surface area contributed by atoms with Crippen LogP contribution in [0.4, 0.5) is 0 Å². The molecule has 0 saturated carbocycles. The smallest absolute Gasteiger partial charge is 0.175 e. The van der Waals surface area contributed by atoms with Crippen LogP contribution in [0.1, 0.15) is 135 Å². The minimum absolute atomic E-state index is 0.172. The van der Waals surface area contributed by atoms with Crippen molar-refractivity contribution >= 4 is 32.8 Å². The Hall–Kier alpha value is -2.21. The molecular formula is C36H65NO4S. The number of allylic oxidation sites excluding steroid dienone is 1. The highest BCUT2D eigenvalue weighted by atomic mass is 32.2. The molecule has 2 rings (SSSR count). The number of Topliss-reactive ketones (excluding diaryl/α,β-unsaturated/α-hetero) is 1. The van der Waals surface area contributed by atoms with E-state index in [4.69, 9.17) is 4.42 Å². The van der Waals surface area contributed by atoms with E-state index in [2.05, 4.69) is 74.2 Å². The zero-order valence-corrected chi connectivity index (χ0v) is 30.5. The summed E-state index contributed by atoms with van der Waals surface area (Å²) in [6.07, 6.45) is 16.9. The van der Waals surface area contributed by atoms with Crippen molar-refractivity contribution in [2.75, 3.05) is 6.26 Å². The maximum absolute atomic E-state index is 11.2. The second kappa shape index (κ2) is 24.3. The second-order valence-electron chi connectivity index (χ2n) is 13.0. The Morgan fingerprint density at radius 3 is 1.90 bits per heavy atom. The van der Waals surface area contributed by atoms with Crippen LogP contribution in [0.5, 0.6) is 0 Å². The Morgan fingerprint density at radius 2 is 1.57 bits per heavy atom. The molecule has 1 heterocycles.